The minimum absolute atomic E-state index is 0.103. The number of aliphatic hydroxyl groups is 1. The van der Waals surface area contributed by atoms with Crippen molar-refractivity contribution in [2.75, 3.05) is 6.54 Å². The molecule has 19 heavy (non-hydrogen) atoms. The quantitative estimate of drug-likeness (QED) is 0.741. The minimum Gasteiger partial charge on any atom is -0.463 e. The Hall–Kier alpha value is -1.49. The Morgan fingerprint density at radius 1 is 1.42 bits per heavy atom. The molecule has 1 rings (SSSR count). The van der Waals surface area contributed by atoms with Gasteiger partial charge in [0.25, 0.3) is 0 Å². The molecule has 3 N–H and O–H groups in total. The van der Waals surface area contributed by atoms with Crippen molar-refractivity contribution in [2.24, 2.45) is 0 Å². The molecule has 1 unspecified atom stereocenters. The third kappa shape index (κ3) is 4.59. The molecule has 0 aromatic carbocycles. The molecule has 0 aliphatic carbocycles. The van der Waals surface area contributed by atoms with E-state index in [0.717, 1.165) is 18.6 Å². The van der Waals surface area contributed by atoms with Crippen LogP contribution in [0, 0.1) is 6.92 Å². The summed E-state index contributed by atoms with van der Waals surface area (Å²) in [7, 11) is 0. The smallest absolute Gasteiger partial charge is 0.315 e. The maximum Gasteiger partial charge on any atom is 0.315 e. The molecule has 0 spiro atoms. The standard InChI is InChI=1S/C14H24N2O3/c1-5-11(6-2)16-13(17)15-9-14(4,18)12-8-7-10(3)19-12/h7-8,11,18H,5-6,9H2,1-4H3,(H2,15,16,17). The molecule has 0 aliphatic heterocycles. The number of hydrogen-bond donors (Lipinski definition) is 3. The van der Waals surface area contributed by atoms with Crippen molar-refractivity contribution in [3.05, 3.63) is 23.7 Å². The molecule has 2 amide bonds. The van der Waals surface area contributed by atoms with Crippen LogP contribution in [0.15, 0.2) is 16.5 Å². The van der Waals surface area contributed by atoms with Gasteiger partial charge in [0.05, 0.1) is 6.54 Å². The van der Waals surface area contributed by atoms with Crippen molar-refractivity contribution in [1.29, 1.82) is 0 Å². The minimum atomic E-state index is -1.21. The summed E-state index contributed by atoms with van der Waals surface area (Å²) < 4.78 is 5.38. The number of carbonyl (C=O) groups excluding carboxylic acids is 1. The number of urea groups is 1. The SMILES string of the molecule is CCC(CC)NC(=O)NCC(C)(O)c1ccc(C)o1. The van der Waals surface area contributed by atoms with Crippen LogP contribution in [0.4, 0.5) is 4.79 Å². The van der Waals surface area contributed by atoms with Crippen LogP contribution >= 0.6 is 0 Å². The summed E-state index contributed by atoms with van der Waals surface area (Å²) in [6, 6.07) is 3.40. The third-order valence-electron chi connectivity index (χ3n) is 3.19. The van der Waals surface area contributed by atoms with Gasteiger partial charge in [0.1, 0.15) is 17.1 Å². The van der Waals surface area contributed by atoms with Crippen LogP contribution in [0.2, 0.25) is 0 Å². The number of rotatable bonds is 6. The van der Waals surface area contributed by atoms with Crippen molar-refractivity contribution in [3.8, 4) is 0 Å². The number of nitrogens with one attached hydrogen (secondary N) is 2. The van der Waals surface area contributed by atoms with Gasteiger partial charge in [0.15, 0.2) is 0 Å². The maximum atomic E-state index is 11.7. The van der Waals surface area contributed by atoms with E-state index in [4.69, 9.17) is 4.42 Å². The zero-order chi connectivity index (χ0) is 14.5. The molecule has 1 atom stereocenters. The summed E-state index contributed by atoms with van der Waals surface area (Å²) >= 11 is 0. The lowest BCUT2D eigenvalue weighted by molar-refractivity contribution is 0.0359. The van der Waals surface area contributed by atoms with E-state index in [9.17, 15) is 9.90 Å². The van der Waals surface area contributed by atoms with Gasteiger partial charge in [-0.05, 0) is 38.8 Å². The predicted octanol–water partition coefficient (Wildman–Crippen LogP) is 2.28. The van der Waals surface area contributed by atoms with Gasteiger partial charge in [-0.1, -0.05) is 13.8 Å². The molecule has 0 radical (unpaired) electrons. The second kappa shape index (κ2) is 6.61. The summed E-state index contributed by atoms with van der Waals surface area (Å²) in [5.41, 5.74) is -1.21. The number of carbonyl (C=O) groups is 1. The first kappa shape index (κ1) is 15.6. The van der Waals surface area contributed by atoms with E-state index in [1.807, 2.05) is 20.8 Å². The van der Waals surface area contributed by atoms with Gasteiger partial charge in [-0.3, -0.25) is 0 Å². The maximum absolute atomic E-state index is 11.7. The molecular weight excluding hydrogens is 244 g/mol. The molecule has 0 saturated heterocycles. The molecule has 1 aromatic rings. The fourth-order valence-corrected chi connectivity index (χ4v) is 1.79. The molecule has 0 fully saturated rings. The monoisotopic (exact) mass is 268 g/mol. The second-order valence-electron chi connectivity index (χ2n) is 5.02. The largest absolute Gasteiger partial charge is 0.463 e. The first-order chi connectivity index (χ1) is 8.89. The summed E-state index contributed by atoms with van der Waals surface area (Å²) in [5, 5.41) is 15.8. The van der Waals surface area contributed by atoms with E-state index in [2.05, 4.69) is 10.6 Å². The first-order valence-electron chi connectivity index (χ1n) is 6.72. The lowest BCUT2D eigenvalue weighted by Gasteiger charge is -2.22. The van der Waals surface area contributed by atoms with Crippen molar-refractivity contribution in [1.82, 2.24) is 10.6 Å². The average molecular weight is 268 g/mol. The highest BCUT2D eigenvalue weighted by atomic mass is 16.4. The molecule has 108 valence electrons. The van der Waals surface area contributed by atoms with Crippen molar-refractivity contribution in [3.63, 3.8) is 0 Å². The molecule has 5 heteroatoms. The van der Waals surface area contributed by atoms with Crippen LogP contribution in [0.1, 0.15) is 45.1 Å². The van der Waals surface area contributed by atoms with Gasteiger partial charge in [-0.25, -0.2) is 4.79 Å². The lowest BCUT2D eigenvalue weighted by atomic mass is 10.0. The van der Waals surface area contributed by atoms with Crippen molar-refractivity contribution >= 4 is 6.03 Å². The Kier molecular flexibility index (Phi) is 5.42. The number of hydrogen-bond acceptors (Lipinski definition) is 3. The predicted molar refractivity (Wildman–Crippen MR) is 73.9 cm³/mol. The molecule has 1 heterocycles. The number of amides is 2. The van der Waals surface area contributed by atoms with Gasteiger partial charge in [-0.2, -0.15) is 0 Å². The zero-order valence-electron chi connectivity index (χ0n) is 12.1. The Labute approximate surface area is 114 Å². The normalized spacial score (nSPS) is 14.2. The molecular formula is C14H24N2O3. The van der Waals surface area contributed by atoms with Gasteiger partial charge in [0.2, 0.25) is 0 Å². The molecule has 0 bridgehead atoms. The average Bonchev–Trinajstić information content (AvgIpc) is 2.81. The highest BCUT2D eigenvalue weighted by Crippen LogP contribution is 2.21. The van der Waals surface area contributed by atoms with Gasteiger partial charge in [-0.15, -0.1) is 0 Å². The van der Waals surface area contributed by atoms with Crippen LogP contribution in [0.5, 0.6) is 0 Å². The Morgan fingerprint density at radius 2 is 2.05 bits per heavy atom. The van der Waals surface area contributed by atoms with Crippen molar-refractivity contribution < 1.29 is 14.3 Å². The summed E-state index contributed by atoms with van der Waals surface area (Å²) in [5.74, 6) is 1.18. The van der Waals surface area contributed by atoms with Crippen LogP contribution in [0.3, 0.4) is 0 Å². The zero-order valence-corrected chi connectivity index (χ0v) is 12.1. The highest BCUT2D eigenvalue weighted by Gasteiger charge is 2.27. The Morgan fingerprint density at radius 3 is 2.53 bits per heavy atom. The highest BCUT2D eigenvalue weighted by molar-refractivity contribution is 5.74. The van der Waals surface area contributed by atoms with Crippen LogP contribution < -0.4 is 10.6 Å². The van der Waals surface area contributed by atoms with Crippen LogP contribution in [-0.4, -0.2) is 23.7 Å². The molecule has 5 nitrogen and oxygen atoms in total. The van der Waals surface area contributed by atoms with Crippen LogP contribution in [0.25, 0.3) is 0 Å². The fourth-order valence-electron chi connectivity index (χ4n) is 1.79. The van der Waals surface area contributed by atoms with Crippen LogP contribution in [-0.2, 0) is 5.60 Å². The Bertz CT molecular complexity index is 409. The number of aryl methyl sites for hydroxylation is 1. The van der Waals surface area contributed by atoms with Gasteiger partial charge < -0.3 is 20.2 Å². The summed E-state index contributed by atoms with van der Waals surface area (Å²) in [6.45, 7) is 7.58. The van der Waals surface area contributed by atoms with E-state index < -0.39 is 5.60 Å². The van der Waals surface area contributed by atoms with Gasteiger partial charge >= 0.3 is 6.03 Å². The number of furan rings is 1. The Balaban J connectivity index is 2.49. The second-order valence-corrected chi connectivity index (χ2v) is 5.02. The summed E-state index contributed by atoms with van der Waals surface area (Å²) in [4.78, 5) is 11.7. The fraction of sp³-hybridized carbons (Fsp3) is 0.643. The van der Waals surface area contributed by atoms with E-state index in [-0.39, 0.29) is 18.6 Å². The third-order valence-corrected chi connectivity index (χ3v) is 3.19. The van der Waals surface area contributed by atoms with E-state index in [1.54, 1.807) is 19.1 Å². The van der Waals surface area contributed by atoms with E-state index in [1.165, 1.54) is 0 Å². The van der Waals surface area contributed by atoms with Gasteiger partial charge in [0, 0.05) is 6.04 Å². The molecule has 1 aromatic heterocycles. The summed E-state index contributed by atoms with van der Waals surface area (Å²) in [6.07, 6.45) is 1.77. The molecule has 0 saturated carbocycles. The molecule has 0 aliphatic rings. The lowest BCUT2D eigenvalue weighted by Crippen LogP contribution is -2.46. The van der Waals surface area contributed by atoms with Crippen molar-refractivity contribution in [2.45, 2.75) is 52.2 Å². The van der Waals surface area contributed by atoms with E-state index in [0.29, 0.717) is 5.76 Å². The van der Waals surface area contributed by atoms with E-state index >= 15 is 0 Å². The topological polar surface area (TPSA) is 74.5 Å². The first-order valence-corrected chi connectivity index (χ1v) is 6.72.